The van der Waals surface area contributed by atoms with Gasteiger partial charge in [-0.05, 0) is 19.4 Å². The third-order valence-corrected chi connectivity index (χ3v) is 2.80. The second-order valence-electron chi connectivity index (χ2n) is 4.81. The number of carboxylic acids is 1. The van der Waals surface area contributed by atoms with Crippen molar-refractivity contribution >= 4 is 11.9 Å². The van der Waals surface area contributed by atoms with Gasteiger partial charge in [-0.15, -0.1) is 0 Å². The standard InChI is InChI=1S/C13H18N2O3/c1-13(2,12(14)18)8-15-10(11(16)17)9-6-4-3-5-7-9/h3-7,10,15H,8H2,1-2H3,(H2,14,18)(H,16,17). The molecule has 0 aliphatic heterocycles. The molecule has 0 aliphatic carbocycles. The number of carboxylic acid groups (broad SMARTS) is 1. The lowest BCUT2D eigenvalue weighted by Crippen LogP contribution is -2.43. The zero-order valence-corrected chi connectivity index (χ0v) is 10.5. The Bertz CT molecular complexity index is 429. The van der Waals surface area contributed by atoms with Crippen molar-refractivity contribution in [1.29, 1.82) is 0 Å². The summed E-state index contributed by atoms with van der Waals surface area (Å²) in [5.74, 6) is -1.45. The summed E-state index contributed by atoms with van der Waals surface area (Å²) in [6.07, 6.45) is 0. The van der Waals surface area contributed by atoms with Gasteiger partial charge < -0.3 is 10.8 Å². The highest BCUT2D eigenvalue weighted by atomic mass is 16.4. The minimum Gasteiger partial charge on any atom is -0.480 e. The summed E-state index contributed by atoms with van der Waals surface area (Å²) in [6.45, 7) is 3.55. The Kier molecular flexibility index (Phi) is 4.44. The largest absolute Gasteiger partial charge is 0.480 e. The highest BCUT2D eigenvalue weighted by molar-refractivity contribution is 5.80. The van der Waals surface area contributed by atoms with Crippen LogP contribution in [0.3, 0.4) is 0 Å². The molecule has 0 spiro atoms. The zero-order valence-electron chi connectivity index (χ0n) is 10.5. The summed E-state index contributed by atoms with van der Waals surface area (Å²) in [6, 6.07) is 7.96. The minimum absolute atomic E-state index is 0.203. The third-order valence-electron chi connectivity index (χ3n) is 2.80. The molecule has 0 saturated heterocycles. The van der Waals surface area contributed by atoms with E-state index < -0.39 is 23.3 Å². The van der Waals surface area contributed by atoms with E-state index in [1.165, 1.54) is 0 Å². The molecule has 1 unspecified atom stereocenters. The first-order valence-electron chi connectivity index (χ1n) is 5.65. The molecule has 5 nitrogen and oxygen atoms in total. The van der Waals surface area contributed by atoms with Crippen molar-refractivity contribution in [3.8, 4) is 0 Å². The van der Waals surface area contributed by atoms with Gasteiger partial charge in [-0.25, -0.2) is 0 Å². The van der Waals surface area contributed by atoms with Crippen LogP contribution >= 0.6 is 0 Å². The lowest BCUT2D eigenvalue weighted by atomic mass is 9.92. The summed E-state index contributed by atoms with van der Waals surface area (Å²) in [5.41, 5.74) is 5.10. The number of aliphatic carboxylic acids is 1. The molecule has 0 heterocycles. The number of hydrogen-bond acceptors (Lipinski definition) is 3. The number of rotatable bonds is 6. The Labute approximate surface area is 106 Å². The van der Waals surface area contributed by atoms with Gasteiger partial charge in [-0.2, -0.15) is 0 Å². The van der Waals surface area contributed by atoms with Crippen molar-refractivity contribution in [1.82, 2.24) is 5.32 Å². The van der Waals surface area contributed by atoms with Crippen LogP contribution in [0.1, 0.15) is 25.5 Å². The first kappa shape index (κ1) is 14.2. The summed E-state index contributed by atoms with van der Waals surface area (Å²) in [5, 5.41) is 12.0. The van der Waals surface area contributed by atoms with Crippen molar-refractivity contribution in [2.24, 2.45) is 11.1 Å². The summed E-state index contributed by atoms with van der Waals surface area (Å²) < 4.78 is 0. The topological polar surface area (TPSA) is 92.4 Å². The molecule has 0 fully saturated rings. The maximum atomic E-state index is 11.2. The molecule has 0 bridgehead atoms. The van der Waals surface area contributed by atoms with Crippen LogP contribution in [-0.2, 0) is 9.59 Å². The fourth-order valence-corrected chi connectivity index (χ4v) is 1.44. The van der Waals surface area contributed by atoms with Gasteiger partial charge in [0.1, 0.15) is 6.04 Å². The second kappa shape index (κ2) is 5.64. The molecule has 18 heavy (non-hydrogen) atoms. The van der Waals surface area contributed by atoms with E-state index >= 15 is 0 Å². The molecule has 1 aromatic rings. The number of nitrogens with one attached hydrogen (secondary N) is 1. The SMILES string of the molecule is CC(C)(CNC(C(=O)O)c1ccccc1)C(N)=O. The molecule has 1 amide bonds. The zero-order chi connectivity index (χ0) is 13.8. The highest BCUT2D eigenvalue weighted by Gasteiger charge is 2.28. The van der Waals surface area contributed by atoms with Crippen LogP contribution < -0.4 is 11.1 Å². The molecular weight excluding hydrogens is 232 g/mol. The number of hydrogen-bond donors (Lipinski definition) is 3. The van der Waals surface area contributed by atoms with Crippen molar-refractivity contribution < 1.29 is 14.7 Å². The molecule has 0 radical (unpaired) electrons. The number of carbonyl (C=O) groups excluding carboxylic acids is 1. The Balaban J connectivity index is 2.78. The van der Waals surface area contributed by atoms with Gasteiger partial charge in [0, 0.05) is 6.54 Å². The molecule has 1 rings (SSSR count). The van der Waals surface area contributed by atoms with E-state index in [1.54, 1.807) is 38.1 Å². The molecule has 1 atom stereocenters. The lowest BCUT2D eigenvalue weighted by molar-refractivity contribution is -0.140. The lowest BCUT2D eigenvalue weighted by Gasteiger charge is -2.24. The summed E-state index contributed by atoms with van der Waals surface area (Å²) in [7, 11) is 0. The average molecular weight is 250 g/mol. The number of carbonyl (C=O) groups is 2. The maximum Gasteiger partial charge on any atom is 0.325 e. The molecule has 0 aliphatic rings. The quantitative estimate of drug-likeness (QED) is 0.699. The van der Waals surface area contributed by atoms with E-state index in [0.29, 0.717) is 5.56 Å². The van der Waals surface area contributed by atoms with E-state index in [2.05, 4.69) is 5.32 Å². The van der Waals surface area contributed by atoms with Crippen molar-refractivity contribution in [2.75, 3.05) is 6.54 Å². The van der Waals surface area contributed by atoms with Gasteiger partial charge >= 0.3 is 5.97 Å². The number of amides is 1. The first-order valence-corrected chi connectivity index (χ1v) is 5.65. The van der Waals surface area contributed by atoms with E-state index in [1.807, 2.05) is 6.07 Å². The van der Waals surface area contributed by atoms with E-state index in [-0.39, 0.29) is 6.54 Å². The molecule has 5 heteroatoms. The monoisotopic (exact) mass is 250 g/mol. The van der Waals surface area contributed by atoms with Gasteiger partial charge in [0.2, 0.25) is 5.91 Å². The molecule has 4 N–H and O–H groups in total. The smallest absolute Gasteiger partial charge is 0.325 e. The average Bonchev–Trinajstić information content (AvgIpc) is 2.29. The number of benzene rings is 1. The van der Waals surface area contributed by atoms with Crippen molar-refractivity contribution in [3.05, 3.63) is 35.9 Å². The molecular formula is C13H18N2O3. The van der Waals surface area contributed by atoms with Crippen LogP contribution in [0.4, 0.5) is 0 Å². The maximum absolute atomic E-state index is 11.2. The van der Waals surface area contributed by atoms with E-state index in [0.717, 1.165) is 0 Å². The van der Waals surface area contributed by atoms with Crippen LogP contribution in [0.25, 0.3) is 0 Å². The Hall–Kier alpha value is -1.88. The normalized spacial score (nSPS) is 13.0. The molecule has 0 aromatic heterocycles. The Morgan fingerprint density at radius 3 is 2.33 bits per heavy atom. The van der Waals surface area contributed by atoms with Crippen LogP contribution in [0, 0.1) is 5.41 Å². The van der Waals surface area contributed by atoms with Gasteiger partial charge in [0.15, 0.2) is 0 Å². The number of nitrogens with two attached hydrogens (primary N) is 1. The van der Waals surface area contributed by atoms with Crippen LogP contribution in [-0.4, -0.2) is 23.5 Å². The summed E-state index contributed by atoms with van der Waals surface area (Å²) >= 11 is 0. The van der Waals surface area contributed by atoms with Gasteiger partial charge in [-0.3, -0.25) is 14.9 Å². The van der Waals surface area contributed by atoms with Crippen molar-refractivity contribution in [3.63, 3.8) is 0 Å². The predicted molar refractivity (Wildman–Crippen MR) is 67.8 cm³/mol. The Morgan fingerprint density at radius 1 is 1.33 bits per heavy atom. The van der Waals surface area contributed by atoms with Crippen LogP contribution in [0.15, 0.2) is 30.3 Å². The van der Waals surface area contributed by atoms with Gasteiger partial charge in [0.25, 0.3) is 0 Å². The van der Waals surface area contributed by atoms with Gasteiger partial charge in [0.05, 0.1) is 5.41 Å². The fourth-order valence-electron chi connectivity index (χ4n) is 1.44. The van der Waals surface area contributed by atoms with E-state index in [4.69, 9.17) is 5.73 Å². The third kappa shape index (κ3) is 3.56. The molecule has 98 valence electrons. The second-order valence-corrected chi connectivity index (χ2v) is 4.81. The Morgan fingerprint density at radius 2 is 1.89 bits per heavy atom. The first-order chi connectivity index (χ1) is 8.34. The van der Waals surface area contributed by atoms with Crippen LogP contribution in [0.5, 0.6) is 0 Å². The molecule has 1 aromatic carbocycles. The van der Waals surface area contributed by atoms with Crippen LogP contribution in [0.2, 0.25) is 0 Å². The minimum atomic E-state index is -0.985. The van der Waals surface area contributed by atoms with Gasteiger partial charge in [-0.1, -0.05) is 30.3 Å². The number of primary amides is 1. The van der Waals surface area contributed by atoms with Crippen molar-refractivity contribution in [2.45, 2.75) is 19.9 Å². The summed E-state index contributed by atoms with van der Waals surface area (Å²) in [4.78, 5) is 22.4. The predicted octanol–water partition coefficient (Wildman–Crippen LogP) is 0.913. The fraction of sp³-hybridized carbons (Fsp3) is 0.385. The molecule has 0 saturated carbocycles. The highest BCUT2D eigenvalue weighted by Crippen LogP contribution is 2.17. The van der Waals surface area contributed by atoms with E-state index in [9.17, 15) is 14.7 Å².